The Morgan fingerprint density at radius 2 is 1.64 bits per heavy atom. The summed E-state index contributed by atoms with van der Waals surface area (Å²) in [5.41, 5.74) is 1.15. The molecule has 0 aromatic rings. The molecule has 0 saturated carbocycles. The minimum atomic E-state index is 0.803. The van der Waals surface area contributed by atoms with E-state index in [1.807, 2.05) is 18.7 Å². The fourth-order valence-corrected chi connectivity index (χ4v) is 2.28. The summed E-state index contributed by atoms with van der Waals surface area (Å²) in [4.78, 5) is 0. The molecule has 0 atom stereocenters. The van der Waals surface area contributed by atoms with Crippen LogP contribution in [0.2, 0.25) is 0 Å². The van der Waals surface area contributed by atoms with Crippen LogP contribution in [0.5, 0.6) is 0 Å². The van der Waals surface area contributed by atoms with E-state index in [0.717, 1.165) is 28.6 Å². The molecule has 0 aromatic heterocycles. The zero-order valence-corrected chi connectivity index (χ0v) is 10.5. The second-order valence-corrected chi connectivity index (χ2v) is 4.80. The third kappa shape index (κ3) is 3.29. The Hall–Kier alpha value is -0.0100. The number of nitrogens with zero attached hydrogens (tertiary/aromatic N) is 1. The second-order valence-electron chi connectivity index (χ2n) is 3.98. The lowest BCUT2D eigenvalue weighted by Crippen LogP contribution is -2.12. The molecule has 0 fully saturated rings. The molecule has 0 radical (unpaired) electrons. The van der Waals surface area contributed by atoms with Crippen LogP contribution in [0, 0.1) is 0 Å². The van der Waals surface area contributed by atoms with Crippen molar-refractivity contribution in [2.75, 3.05) is 14.1 Å². The van der Waals surface area contributed by atoms with E-state index >= 15 is 0 Å². The van der Waals surface area contributed by atoms with E-state index in [1.54, 1.807) is 0 Å². The van der Waals surface area contributed by atoms with Crippen LogP contribution in [0.3, 0.4) is 0 Å². The molecule has 0 spiro atoms. The molecule has 1 aliphatic rings. The van der Waals surface area contributed by atoms with Crippen molar-refractivity contribution in [3.63, 3.8) is 0 Å². The standard InChI is InChI=1S/C11H18Cl2N/c1-14(2)11(13)9-7-5-3-4-6-8-10(9)12/h3-8H2,1-2H3/q+1/b10-9-. The number of rotatable bonds is 1. The zero-order chi connectivity index (χ0) is 10.6. The van der Waals surface area contributed by atoms with Crippen molar-refractivity contribution in [3.05, 3.63) is 10.6 Å². The Balaban J connectivity index is 2.90. The molecule has 0 bridgehead atoms. The molecular formula is C11H18Cl2N+. The average molecular weight is 235 g/mol. The molecule has 0 N–H and O–H groups in total. The maximum absolute atomic E-state index is 6.25. The zero-order valence-electron chi connectivity index (χ0n) is 8.95. The first kappa shape index (κ1) is 12.1. The van der Waals surface area contributed by atoms with Gasteiger partial charge in [0.1, 0.15) is 14.1 Å². The highest BCUT2D eigenvalue weighted by Crippen LogP contribution is 2.27. The first-order chi connectivity index (χ1) is 6.63. The van der Waals surface area contributed by atoms with Gasteiger partial charge >= 0.3 is 0 Å². The Labute approximate surface area is 96.4 Å². The molecule has 0 aromatic carbocycles. The summed E-state index contributed by atoms with van der Waals surface area (Å²) in [5.74, 6) is 0. The summed E-state index contributed by atoms with van der Waals surface area (Å²) >= 11 is 12.5. The second kappa shape index (κ2) is 5.77. The van der Waals surface area contributed by atoms with Gasteiger partial charge < -0.3 is 0 Å². The van der Waals surface area contributed by atoms with Crippen LogP contribution >= 0.6 is 23.2 Å². The molecule has 1 aliphatic carbocycles. The number of hydrogen-bond donors (Lipinski definition) is 0. The van der Waals surface area contributed by atoms with E-state index in [4.69, 9.17) is 23.2 Å². The van der Waals surface area contributed by atoms with Gasteiger partial charge in [-0.15, -0.1) is 0 Å². The van der Waals surface area contributed by atoms with E-state index in [0.29, 0.717) is 0 Å². The summed E-state index contributed by atoms with van der Waals surface area (Å²) < 4.78 is 1.93. The van der Waals surface area contributed by atoms with Gasteiger partial charge in [-0.1, -0.05) is 24.4 Å². The topological polar surface area (TPSA) is 3.01 Å². The molecule has 80 valence electrons. The first-order valence-corrected chi connectivity index (χ1v) is 5.96. The fourth-order valence-electron chi connectivity index (χ4n) is 1.71. The lowest BCUT2D eigenvalue weighted by atomic mass is 10.0. The number of allylic oxidation sites excluding steroid dienone is 2. The normalized spacial score (nSPS) is 24.0. The minimum Gasteiger partial charge on any atom is -0.225 e. The van der Waals surface area contributed by atoms with Crippen molar-refractivity contribution in [2.24, 2.45) is 0 Å². The summed E-state index contributed by atoms with van der Waals surface area (Å²) in [5, 5.41) is 1.76. The predicted molar refractivity (Wildman–Crippen MR) is 63.5 cm³/mol. The highest BCUT2D eigenvalue weighted by molar-refractivity contribution is 6.68. The molecule has 0 unspecified atom stereocenters. The Kier molecular flexibility index (Phi) is 4.97. The largest absolute Gasteiger partial charge is 0.273 e. The van der Waals surface area contributed by atoms with E-state index in [2.05, 4.69) is 0 Å². The maximum atomic E-state index is 6.25. The quantitative estimate of drug-likeness (QED) is 0.481. The third-order valence-corrected chi connectivity index (χ3v) is 3.53. The highest BCUT2D eigenvalue weighted by atomic mass is 35.5. The molecular weight excluding hydrogens is 217 g/mol. The van der Waals surface area contributed by atoms with Gasteiger partial charge in [-0.25, -0.2) is 4.58 Å². The van der Waals surface area contributed by atoms with Gasteiger partial charge in [0, 0.05) is 5.03 Å². The van der Waals surface area contributed by atoms with Gasteiger partial charge in [-0.05, 0) is 37.3 Å². The van der Waals surface area contributed by atoms with E-state index in [9.17, 15) is 0 Å². The van der Waals surface area contributed by atoms with Gasteiger partial charge in [-0.3, -0.25) is 0 Å². The number of halogens is 2. The van der Waals surface area contributed by atoms with Crippen LogP contribution in [0.4, 0.5) is 0 Å². The van der Waals surface area contributed by atoms with E-state index in [-0.39, 0.29) is 0 Å². The van der Waals surface area contributed by atoms with E-state index < -0.39 is 0 Å². The third-order valence-electron chi connectivity index (χ3n) is 2.54. The van der Waals surface area contributed by atoms with Crippen LogP contribution < -0.4 is 0 Å². The molecule has 0 heterocycles. The van der Waals surface area contributed by atoms with Crippen LogP contribution in [-0.4, -0.2) is 23.8 Å². The molecule has 1 rings (SSSR count). The highest BCUT2D eigenvalue weighted by Gasteiger charge is 2.17. The smallest absolute Gasteiger partial charge is 0.225 e. The van der Waals surface area contributed by atoms with Crippen molar-refractivity contribution in [1.82, 2.24) is 0 Å². The summed E-state index contributed by atoms with van der Waals surface area (Å²) in [6.07, 6.45) is 7.00. The first-order valence-electron chi connectivity index (χ1n) is 5.20. The average Bonchev–Trinajstić information content (AvgIpc) is 2.11. The molecule has 1 nitrogen and oxygen atoms in total. The molecule has 0 saturated heterocycles. The van der Waals surface area contributed by atoms with Crippen LogP contribution in [0.1, 0.15) is 38.5 Å². The Bertz CT molecular complexity index is 262. The summed E-state index contributed by atoms with van der Waals surface area (Å²) in [6.45, 7) is 0. The van der Waals surface area contributed by atoms with E-state index in [1.165, 1.54) is 25.7 Å². The van der Waals surface area contributed by atoms with Gasteiger partial charge in [-0.2, -0.15) is 0 Å². The SMILES string of the molecule is C[N+](C)=C(Cl)/C1=C(\Cl)CCCCCC1. The Morgan fingerprint density at radius 3 is 2.21 bits per heavy atom. The van der Waals surface area contributed by atoms with Crippen molar-refractivity contribution in [3.8, 4) is 0 Å². The lowest BCUT2D eigenvalue weighted by molar-refractivity contribution is -0.461. The van der Waals surface area contributed by atoms with Crippen molar-refractivity contribution in [2.45, 2.75) is 38.5 Å². The summed E-state index contributed by atoms with van der Waals surface area (Å²) in [7, 11) is 3.91. The van der Waals surface area contributed by atoms with Crippen molar-refractivity contribution in [1.29, 1.82) is 0 Å². The molecule has 14 heavy (non-hydrogen) atoms. The van der Waals surface area contributed by atoms with Crippen LogP contribution in [0.25, 0.3) is 0 Å². The van der Waals surface area contributed by atoms with Crippen molar-refractivity contribution >= 4 is 28.4 Å². The molecule has 3 heteroatoms. The van der Waals surface area contributed by atoms with Crippen LogP contribution in [0.15, 0.2) is 10.6 Å². The predicted octanol–water partition coefficient (Wildman–Crippen LogP) is 3.74. The van der Waals surface area contributed by atoms with Crippen molar-refractivity contribution < 1.29 is 4.58 Å². The van der Waals surface area contributed by atoms with Gasteiger partial charge in [0.2, 0.25) is 0 Å². The van der Waals surface area contributed by atoms with Gasteiger partial charge in [0.05, 0.1) is 5.57 Å². The number of hydrogen-bond acceptors (Lipinski definition) is 0. The van der Waals surface area contributed by atoms with Gasteiger partial charge in [0.25, 0.3) is 5.17 Å². The minimum absolute atomic E-state index is 0.803. The summed E-state index contributed by atoms with van der Waals surface area (Å²) in [6, 6.07) is 0. The Morgan fingerprint density at radius 1 is 1.07 bits per heavy atom. The monoisotopic (exact) mass is 234 g/mol. The fraction of sp³-hybridized carbons (Fsp3) is 0.727. The maximum Gasteiger partial charge on any atom is 0.273 e. The van der Waals surface area contributed by atoms with Gasteiger partial charge in [0.15, 0.2) is 0 Å². The lowest BCUT2D eigenvalue weighted by Gasteiger charge is -2.11. The van der Waals surface area contributed by atoms with Crippen LogP contribution in [-0.2, 0) is 0 Å². The molecule has 0 amide bonds. The molecule has 0 aliphatic heterocycles.